The second-order valence-electron chi connectivity index (χ2n) is 6.09. The second-order valence-corrected chi connectivity index (χ2v) is 6.09. The van der Waals surface area contributed by atoms with Crippen molar-refractivity contribution in [2.24, 2.45) is 5.73 Å². The number of pyridine rings is 1. The average molecular weight is 450 g/mol. The number of aliphatic carboxylic acids is 2. The summed E-state index contributed by atoms with van der Waals surface area (Å²) in [5, 5.41) is 18.3. The number of halogens is 3. The molecule has 5 N–H and O–H groups in total. The summed E-state index contributed by atoms with van der Waals surface area (Å²) in [5.74, 6) is -5.98. The van der Waals surface area contributed by atoms with E-state index in [1.54, 1.807) is 24.5 Å². The lowest BCUT2D eigenvalue weighted by atomic mass is 10.1. The summed E-state index contributed by atoms with van der Waals surface area (Å²) in [6.45, 7) is 1.46. The molecule has 0 fully saturated rings. The molecule has 11 nitrogen and oxygen atoms in total. The molecule has 0 saturated heterocycles. The van der Waals surface area contributed by atoms with Gasteiger partial charge in [0.1, 0.15) is 12.1 Å². The number of nitrogens with two attached hydrogens (primary N) is 1. The molecule has 1 rings (SSSR count). The maximum Gasteiger partial charge on any atom is 0.490 e. The van der Waals surface area contributed by atoms with Crippen molar-refractivity contribution in [3.8, 4) is 0 Å². The molecule has 2 atom stereocenters. The molecule has 0 aliphatic heterocycles. The van der Waals surface area contributed by atoms with Crippen LogP contribution in [0.15, 0.2) is 24.5 Å². The average Bonchev–Trinajstić information content (AvgIpc) is 2.66. The quantitative estimate of drug-likeness (QED) is 0.411. The number of likely N-dealkylation sites (N-methyl/N-ethyl adjacent to an activating group) is 1. The minimum atomic E-state index is -5.08. The summed E-state index contributed by atoms with van der Waals surface area (Å²) in [4.78, 5) is 60.1. The lowest BCUT2D eigenvalue weighted by Crippen LogP contribution is -2.52. The number of aromatic nitrogens is 1. The zero-order valence-corrected chi connectivity index (χ0v) is 16.4. The first-order chi connectivity index (χ1) is 14.2. The van der Waals surface area contributed by atoms with Gasteiger partial charge in [-0.3, -0.25) is 19.4 Å². The molecule has 31 heavy (non-hydrogen) atoms. The van der Waals surface area contributed by atoms with E-state index in [0.717, 1.165) is 5.56 Å². The van der Waals surface area contributed by atoms with Gasteiger partial charge in [0.2, 0.25) is 17.7 Å². The highest BCUT2D eigenvalue weighted by Crippen LogP contribution is 2.13. The van der Waals surface area contributed by atoms with Crippen LogP contribution in [0.2, 0.25) is 0 Å². The third-order valence-corrected chi connectivity index (χ3v) is 3.72. The Kier molecular flexibility index (Phi) is 10.6. The van der Waals surface area contributed by atoms with Crippen LogP contribution in [0.3, 0.4) is 0 Å². The van der Waals surface area contributed by atoms with Crippen LogP contribution in [0, 0.1) is 0 Å². The van der Waals surface area contributed by atoms with Crippen molar-refractivity contribution in [1.29, 1.82) is 0 Å². The first-order valence-corrected chi connectivity index (χ1v) is 8.43. The van der Waals surface area contributed by atoms with Crippen molar-refractivity contribution in [1.82, 2.24) is 15.2 Å². The molecule has 0 aliphatic carbocycles. The van der Waals surface area contributed by atoms with Crippen LogP contribution < -0.4 is 11.1 Å². The number of carboxylic acids is 2. The molecule has 0 bridgehead atoms. The summed E-state index contributed by atoms with van der Waals surface area (Å²) in [6, 6.07) is 1.03. The summed E-state index contributed by atoms with van der Waals surface area (Å²) in [6.07, 6.45) is -2.41. The van der Waals surface area contributed by atoms with E-state index in [4.69, 9.17) is 20.7 Å². The van der Waals surface area contributed by atoms with Crippen molar-refractivity contribution < 1.29 is 47.4 Å². The Morgan fingerprint density at radius 3 is 2.03 bits per heavy atom. The first kappa shape index (κ1) is 27.3. The lowest BCUT2D eigenvalue weighted by Gasteiger charge is -2.25. The minimum Gasteiger partial charge on any atom is -0.480 e. The molecular weight excluding hydrogens is 429 g/mol. The zero-order chi connectivity index (χ0) is 24.4. The smallest absolute Gasteiger partial charge is 0.480 e. The van der Waals surface area contributed by atoms with E-state index >= 15 is 0 Å². The number of nitrogens with zero attached hydrogens (tertiary/aromatic N) is 2. The van der Waals surface area contributed by atoms with Crippen LogP contribution >= 0.6 is 0 Å². The fourth-order valence-electron chi connectivity index (χ4n) is 1.89. The predicted molar refractivity (Wildman–Crippen MR) is 97.2 cm³/mol. The Hall–Kier alpha value is -3.71. The van der Waals surface area contributed by atoms with Crippen molar-refractivity contribution >= 4 is 29.7 Å². The number of carbonyl (C=O) groups excluding carboxylic acids is 3. The number of hydrogen-bond donors (Lipinski definition) is 4. The highest BCUT2D eigenvalue weighted by Gasteiger charge is 2.38. The van der Waals surface area contributed by atoms with Crippen molar-refractivity contribution in [3.05, 3.63) is 30.1 Å². The topological polar surface area (TPSA) is 180 Å². The second kappa shape index (κ2) is 12.1. The zero-order valence-electron chi connectivity index (χ0n) is 16.4. The van der Waals surface area contributed by atoms with Crippen LogP contribution in [-0.4, -0.2) is 75.1 Å². The number of amides is 3. The molecule has 1 aromatic rings. The normalized spacial score (nSPS) is 12.4. The fraction of sp³-hybridized carbons (Fsp3) is 0.412. The van der Waals surface area contributed by atoms with Gasteiger partial charge < -0.3 is 26.2 Å². The Morgan fingerprint density at radius 1 is 1.16 bits per heavy atom. The highest BCUT2D eigenvalue weighted by molar-refractivity contribution is 5.92. The molecule has 0 spiro atoms. The molecule has 0 radical (unpaired) electrons. The van der Waals surface area contributed by atoms with Crippen LogP contribution in [0.25, 0.3) is 0 Å². The number of primary amides is 1. The number of carboxylic acid groups (broad SMARTS) is 2. The van der Waals surface area contributed by atoms with Gasteiger partial charge >= 0.3 is 18.1 Å². The van der Waals surface area contributed by atoms with E-state index in [0.29, 0.717) is 0 Å². The van der Waals surface area contributed by atoms with E-state index < -0.39 is 48.4 Å². The molecule has 1 aromatic heterocycles. The monoisotopic (exact) mass is 450 g/mol. The van der Waals surface area contributed by atoms with E-state index in [-0.39, 0.29) is 12.3 Å². The van der Waals surface area contributed by atoms with Crippen LogP contribution in [0.1, 0.15) is 18.9 Å². The van der Waals surface area contributed by atoms with E-state index in [2.05, 4.69) is 10.3 Å². The van der Waals surface area contributed by atoms with Crippen molar-refractivity contribution in [2.45, 2.75) is 38.0 Å². The number of nitrogens with one attached hydrogen (secondary N) is 1. The molecule has 0 saturated carbocycles. The molecule has 0 aliphatic rings. The standard InChI is InChI=1S/C15H20N4O5.C2HF3O2/c1-9(14(22)18-11(15(23)24)8-12(16)20)19(2)13(21)7-10-3-5-17-6-4-10;3-2(4,5)1(6)7/h3-6,9,11H,7-8H2,1-2H3,(H2,16,20)(H,18,22)(H,23,24);(H,6,7)/t9-,11-;/m0./s1. The summed E-state index contributed by atoms with van der Waals surface area (Å²) in [7, 11) is 1.44. The Balaban J connectivity index is 0.00000110. The Bertz CT molecular complexity index is 803. The highest BCUT2D eigenvalue weighted by atomic mass is 19.4. The van der Waals surface area contributed by atoms with Crippen molar-refractivity contribution in [3.63, 3.8) is 0 Å². The van der Waals surface area contributed by atoms with Crippen LogP contribution in [0.5, 0.6) is 0 Å². The van der Waals surface area contributed by atoms with E-state index in [1.165, 1.54) is 18.9 Å². The number of rotatable bonds is 8. The van der Waals surface area contributed by atoms with Gasteiger partial charge in [-0.1, -0.05) is 0 Å². The molecule has 14 heteroatoms. The van der Waals surface area contributed by atoms with Crippen LogP contribution in [0.4, 0.5) is 13.2 Å². The van der Waals surface area contributed by atoms with Gasteiger partial charge in [0, 0.05) is 19.4 Å². The summed E-state index contributed by atoms with van der Waals surface area (Å²) < 4.78 is 31.7. The van der Waals surface area contributed by atoms with E-state index in [1.807, 2.05) is 0 Å². The third kappa shape index (κ3) is 10.6. The molecule has 0 unspecified atom stereocenters. The van der Waals surface area contributed by atoms with Gasteiger partial charge in [-0.2, -0.15) is 13.2 Å². The maximum absolute atomic E-state index is 12.2. The summed E-state index contributed by atoms with van der Waals surface area (Å²) >= 11 is 0. The number of carbonyl (C=O) groups is 5. The van der Waals surface area contributed by atoms with Crippen LogP contribution in [-0.2, 0) is 30.4 Å². The Morgan fingerprint density at radius 2 is 1.65 bits per heavy atom. The number of alkyl halides is 3. The van der Waals surface area contributed by atoms with Gasteiger partial charge in [-0.05, 0) is 24.6 Å². The molecule has 3 amide bonds. The van der Waals surface area contributed by atoms with Gasteiger partial charge in [0.05, 0.1) is 12.8 Å². The minimum absolute atomic E-state index is 0.0836. The van der Waals surface area contributed by atoms with E-state index in [9.17, 15) is 32.3 Å². The fourth-order valence-corrected chi connectivity index (χ4v) is 1.89. The maximum atomic E-state index is 12.2. The lowest BCUT2D eigenvalue weighted by molar-refractivity contribution is -0.192. The Labute approximate surface area is 174 Å². The first-order valence-electron chi connectivity index (χ1n) is 8.43. The van der Waals surface area contributed by atoms with Gasteiger partial charge in [0.15, 0.2) is 0 Å². The molecular formula is C17H21F3N4O7. The molecule has 0 aromatic carbocycles. The molecule has 1 heterocycles. The molecule has 172 valence electrons. The SMILES string of the molecule is C[C@@H](C(=O)N[C@@H](CC(N)=O)C(=O)O)N(C)C(=O)Cc1ccncc1.O=C(O)C(F)(F)F. The summed E-state index contributed by atoms with van der Waals surface area (Å²) in [5.41, 5.74) is 5.70. The van der Waals surface area contributed by atoms with Gasteiger partial charge in [-0.15, -0.1) is 0 Å². The third-order valence-electron chi connectivity index (χ3n) is 3.72. The van der Waals surface area contributed by atoms with Crippen molar-refractivity contribution in [2.75, 3.05) is 7.05 Å². The number of hydrogen-bond acceptors (Lipinski definition) is 6. The predicted octanol–water partition coefficient (Wildman–Crippen LogP) is -0.451. The van der Waals surface area contributed by atoms with Gasteiger partial charge in [-0.25, -0.2) is 9.59 Å². The largest absolute Gasteiger partial charge is 0.490 e. The van der Waals surface area contributed by atoms with Gasteiger partial charge in [0.25, 0.3) is 0 Å².